The van der Waals surface area contributed by atoms with E-state index in [1.807, 2.05) is 0 Å². The van der Waals surface area contributed by atoms with Crippen LogP contribution in [0.3, 0.4) is 0 Å². The summed E-state index contributed by atoms with van der Waals surface area (Å²) in [7, 11) is 0. The minimum atomic E-state index is -0.339. The first-order valence-corrected chi connectivity index (χ1v) is 8.61. The zero-order valence-corrected chi connectivity index (χ0v) is 14.3. The Morgan fingerprint density at radius 3 is 2.69 bits per heavy atom. The van der Waals surface area contributed by atoms with Gasteiger partial charge >= 0.3 is 0 Å². The van der Waals surface area contributed by atoms with E-state index in [2.05, 4.69) is 10.3 Å². The second-order valence-electron chi connectivity index (χ2n) is 6.80. The molecule has 4 rings (SSSR count). The fraction of sp³-hybridized carbons (Fsp3) is 0.300. The number of amides is 1. The number of rotatable bonds is 4. The number of aliphatic hydroxyl groups excluding tert-OH is 1. The zero-order chi connectivity index (χ0) is 18.3. The molecule has 0 aliphatic heterocycles. The molecule has 6 heteroatoms. The second kappa shape index (κ2) is 6.53. The third-order valence-electron chi connectivity index (χ3n) is 4.89. The van der Waals surface area contributed by atoms with Crippen LogP contribution in [-0.2, 0) is 0 Å². The molecule has 1 aliphatic rings. The van der Waals surface area contributed by atoms with Gasteiger partial charge in [-0.25, -0.2) is 9.37 Å². The maximum absolute atomic E-state index is 13.2. The Hall–Kier alpha value is -2.73. The fourth-order valence-corrected chi connectivity index (χ4v) is 3.45. The average molecular weight is 354 g/mol. The molecule has 5 nitrogen and oxygen atoms in total. The van der Waals surface area contributed by atoms with Gasteiger partial charge in [0.25, 0.3) is 5.91 Å². The number of carbonyl (C=O) groups excluding carboxylic acids is 1. The van der Waals surface area contributed by atoms with Crippen LogP contribution in [0.25, 0.3) is 11.1 Å². The third kappa shape index (κ3) is 3.20. The molecule has 1 amide bonds. The molecular formula is C20H19FN2O3. The minimum Gasteiger partial charge on any atom is -0.441 e. The van der Waals surface area contributed by atoms with Crippen molar-refractivity contribution in [3.63, 3.8) is 0 Å². The molecule has 1 fully saturated rings. The Balaban J connectivity index is 1.59. The van der Waals surface area contributed by atoms with E-state index in [9.17, 15) is 14.3 Å². The van der Waals surface area contributed by atoms with Gasteiger partial charge in [0, 0.05) is 12.5 Å². The van der Waals surface area contributed by atoms with Crippen molar-refractivity contribution in [2.24, 2.45) is 5.92 Å². The molecule has 1 aromatic heterocycles. The van der Waals surface area contributed by atoms with E-state index in [0.717, 1.165) is 5.56 Å². The van der Waals surface area contributed by atoms with Gasteiger partial charge in [0.05, 0.1) is 12.1 Å². The summed E-state index contributed by atoms with van der Waals surface area (Å²) in [6.45, 7) is 1.76. The van der Waals surface area contributed by atoms with Crippen LogP contribution in [-0.4, -0.2) is 22.1 Å². The summed E-state index contributed by atoms with van der Waals surface area (Å²) in [5.41, 5.74) is 2.57. The van der Waals surface area contributed by atoms with Crippen molar-refractivity contribution in [1.82, 2.24) is 10.3 Å². The van der Waals surface area contributed by atoms with Crippen LogP contribution in [0.2, 0.25) is 0 Å². The van der Waals surface area contributed by atoms with E-state index in [0.29, 0.717) is 35.4 Å². The average Bonchev–Trinajstić information content (AvgIpc) is 2.97. The van der Waals surface area contributed by atoms with E-state index < -0.39 is 0 Å². The van der Waals surface area contributed by atoms with Gasteiger partial charge < -0.3 is 14.8 Å². The fourth-order valence-electron chi connectivity index (χ4n) is 3.45. The van der Waals surface area contributed by atoms with Gasteiger partial charge in [-0.2, -0.15) is 0 Å². The normalized spacial score (nSPS) is 20.6. The van der Waals surface area contributed by atoms with Crippen LogP contribution >= 0.6 is 0 Å². The molecule has 26 heavy (non-hydrogen) atoms. The summed E-state index contributed by atoms with van der Waals surface area (Å²) < 4.78 is 18.7. The quantitative estimate of drug-likeness (QED) is 0.752. The number of nitrogens with one attached hydrogen (secondary N) is 1. The van der Waals surface area contributed by atoms with Gasteiger partial charge in [-0.1, -0.05) is 12.1 Å². The lowest BCUT2D eigenvalue weighted by atomic mass is 9.75. The SMILES string of the molecule is Cc1nc2ccc(C(=O)N[C@H](c3ccc(F)cc3)C3CC(O)C3)cc2o1. The van der Waals surface area contributed by atoms with E-state index >= 15 is 0 Å². The summed E-state index contributed by atoms with van der Waals surface area (Å²) in [5, 5.41) is 12.7. The number of fused-ring (bicyclic) bond motifs is 1. The number of hydrogen-bond acceptors (Lipinski definition) is 4. The molecule has 2 aromatic carbocycles. The van der Waals surface area contributed by atoms with Crippen molar-refractivity contribution in [2.45, 2.75) is 31.9 Å². The van der Waals surface area contributed by atoms with E-state index in [4.69, 9.17) is 4.42 Å². The van der Waals surface area contributed by atoms with E-state index in [1.54, 1.807) is 37.3 Å². The van der Waals surface area contributed by atoms with E-state index in [1.165, 1.54) is 12.1 Å². The molecule has 134 valence electrons. The van der Waals surface area contributed by atoms with Gasteiger partial charge in [0.15, 0.2) is 11.5 Å². The van der Waals surface area contributed by atoms with Gasteiger partial charge in [-0.05, 0) is 54.7 Å². The number of aromatic nitrogens is 1. The monoisotopic (exact) mass is 354 g/mol. The van der Waals surface area contributed by atoms with Crippen LogP contribution < -0.4 is 5.32 Å². The highest BCUT2D eigenvalue weighted by molar-refractivity contribution is 5.97. The lowest BCUT2D eigenvalue weighted by Gasteiger charge is -2.38. The number of carbonyl (C=O) groups is 1. The highest BCUT2D eigenvalue weighted by Gasteiger charge is 2.35. The minimum absolute atomic E-state index is 0.121. The Bertz CT molecular complexity index is 945. The lowest BCUT2D eigenvalue weighted by molar-refractivity contribution is 0.0235. The standard InChI is InChI=1S/C20H19FN2O3/c1-11-22-17-7-4-13(10-18(17)26-11)20(25)23-19(14-8-16(24)9-14)12-2-5-15(21)6-3-12/h2-7,10,14,16,19,24H,8-9H2,1H3,(H,23,25)/t14?,16?,19-/m1/s1. The summed E-state index contributed by atoms with van der Waals surface area (Å²) in [4.78, 5) is 17.0. The second-order valence-corrected chi connectivity index (χ2v) is 6.80. The molecule has 1 aliphatic carbocycles. The molecule has 1 saturated carbocycles. The molecule has 0 radical (unpaired) electrons. The van der Waals surface area contributed by atoms with Crippen LogP contribution in [0, 0.1) is 18.7 Å². The Labute approximate surface area is 149 Å². The number of halogens is 1. The first-order chi connectivity index (χ1) is 12.5. The molecule has 3 aromatic rings. The number of hydrogen-bond donors (Lipinski definition) is 2. The highest BCUT2D eigenvalue weighted by Crippen LogP contribution is 2.38. The summed E-state index contributed by atoms with van der Waals surface area (Å²) in [5.74, 6) is 0.108. The van der Waals surface area contributed by atoms with Crippen molar-refractivity contribution >= 4 is 17.0 Å². The molecule has 1 heterocycles. The molecule has 2 N–H and O–H groups in total. The van der Waals surface area contributed by atoms with Crippen molar-refractivity contribution < 1.29 is 18.7 Å². The number of aryl methyl sites for hydroxylation is 1. The lowest BCUT2D eigenvalue weighted by Crippen LogP contribution is -2.41. The number of nitrogens with zero attached hydrogens (tertiary/aromatic N) is 1. The van der Waals surface area contributed by atoms with Crippen molar-refractivity contribution in [1.29, 1.82) is 0 Å². The first kappa shape index (κ1) is 16.7. The number of oxazole rings is 1. The predicted molar refractivity (Wildman–Crippen MR) is 94.1 cm³/mol. The van der Waals surface area contributed by atoms with Crippen LogP contribution in [0.1, 0.15) is 40.7 Å². The zero-order valence-electron chi connectivity index (χ0n) is 14.3. The maximum Gasteiger partial charge on any atom is 0.251 e. The number of benzene rings is 2. The molecule has 1 atom stereocenters. The molecule has 0 spiro atoms. The Morgan fingerprint density at radius 2 is 2.00 bits per heavy atom. The van der Waals surface area contributed by atoms with Gasteiger partial charge in [-0.3, -0.25) is 4.79 Å². The highest BCUT2D eigenvalue weighted by atomic mass is 19.1. The Morgan fingerprint density at radius 1 is 1.27 bits per heavy atom. The van der Waals surface area contributed by atoms with Gasteiger partial charge in [-0.15, -0.1) is 0 Å². The number of aliphatic hydroxyl groups is 1. The molecular weight excluding hydrogens is 335 g/mol. The predicted octanol–water partition coefficient (Wildman–Crippen LogP) is 3.52. The van der Waals surface area contributed by atoms with Crippen LogP contribution in [0.4, 0.5) is 4.39 Å². The third-order valence-corrected chi connectivity index (χ3v) is 4.89. The van der Waals surface area contributed by atoms with Crippen molar-refractivity contribution in [3.8, 4) is 0 Å². The largest absolute Gasteiger partial charge is 0.441 e. The topological polar surface area (TPSA) is 75.4 Å². The molecule has 0 saturated heterocycles. The summed E-state index contributed by atoms with van der Waals surface area (Å²) in [6.07, 6.45) is 0.888. The smallest absolute Gasteiger partial charge is 0.251 e. The summed E-state index contributed by atoms with van der Waals surface area (Å²) in [6, 6.07) is 11.0. The molecule has 0 unspecified atom stereocenters. The van der Waals surface area contributed by atoms with Gasteiger partial charge in [0.2, 0.25) is 0 Å². The first-order valence-electron chi connectivity index (χ1n) is 8.61. The van der Waals surface area contributed by atoms with Crippen molar-refractivity contribution in [3.05, 3.63) is 65.3 Å². The van der Waals surface area contributed by atoms with Gasteiger partial charge in [0.1, 0.15) is 11.3 Å². The maximum atomic E-state index is 13.2. The van der Waals surface area contributed by atoms with E-state index in [-0.39, 0.29) is 29.8 Å². The Kier molecular flexibility index (Phi) is 4.20. The molecule has 0 bridgehead atoms. The van der Waals surface area contributed by atoms with Crippen molar-refractivity contribution in [2.75, 3.05) is 0 Å². The summed E-state index contributed by atoms with van der Waals surface area (Å²) >= 11 is 0. The van der Waals surface area contributed by atoms with Crippen LogP contribution in [0.15, 0.2) is 46.9 Å². The van der Waals surface area contributed by atoms with Crippen LogP contribution in [0.5, 0.6) is 0 Å².